The summed E-state index contributed by atoms with van der Waals surface area (Å²) in [7, 11) is 7.26. The number of hydroxylamine groups is 2. The van der Waals surface area contributed by atoms with Gasteiger partial charge in [-0.2, -0.15) is 0 Å². The van der Waals surface area contributed by atoms with Gasteiger partial charge in [-0.05, 0) is 87.2 Å². The van der Waals surface area contributed by atoms with Gasteiger partial charge in [-0.15, -0.1) is 0 Å². The summed E-state index contributed by atoms with van der Waals surface area (Å²) in [4.78, 5) is 31.8. The topological polar surface area (TPSA) is 327 Å². The van der Waals surface area contributed by atoms with Gasteiger partial charge < -0.3 is 103 Å². The van der Waals surface area contributed by atoms with E-state index in [0.717, 1.165) is 0 Å². The van der Waals surface area contributed by atoms with Crippen molar-refractivity contribution in [3.63, 3.8) is 0 Å². The third-order valence-corrected chi connectivity index (χ3v) is 16.9. The van der Waals surface area contributed by atoms with Crippen molar-refractivity contribution in [2.24, 2.45) is 0 Å². The number of fused-ring (bicyclic) bond motifs is 8. The van der Waals surface area contributed by atoms with Gasteiger partial charge in [-0.1, -0.05) is 6.07 Å². The SMILES string of the molecule is COC1C(OC2OC(C)C(O)C(C)(O)C2OC)c2c(cc3c(c2O)C(=O)c2c(ccc4c2OC2OC4(C)C(OC4CC(C)(N([O-])O)C(OC5OC(C)C(O)C(C)(O)C5OC)C(C)O4)C(N(C)C)C2O)C3=O)CC1(C)O. The molecule has 9 rings (SSSR count). The second-order valence-electron chi connectivity index (χ2n) is 22.4. The lowest BCUT2D eigenvalue weighted by Gasteiger charge is -2.58. The molecule has 0 saturated carbocycles. The molecule has 418 valence electrons. The minimum atomic E-state index is -1.90. The molecule has 8 N–H and O–H groups in total. The Morgan fingerprint density at radius 1 is 0.720 bits per heavy atom. The Hall–Kier alpha value is -3.42. The van der Waals surface area contributed by atoms with Crippen molar-refractivity contribution >= 4 is 11.6 Å². The quantitative estimate of drug-likeness (QED) is 0.121. The highest BCUT2D eigenvalue weighted by molar-refractivity contribution is 6.30. The fraction of sp³-hybridized carbons (Fsp3) is 0.725. The van der Waals surface area contributed by atoms with Crippen LogP contribution in [0.3, 0.4) is 0 Å². The first kappa shape index (κ1) is 56.3. The van der Waals surface area contributed by atoms with E-state index in [1.807, 2.05) is 0 Å². The number of nitrogens with zero attached hydrogens (tertiary/aromatic N) is 2. The fourth-order valence-corrected chi connectivity index (χ4v) is 12.9. The molecule has 24 heteroatoms. The summed E-state index contributed by atoms with van der Waals surface area (Å²) in [6.45, 7) is 11.9. The molecule has 75 heavy (non-hydrogen) atoms. The lowest BCUT2D eigenvalue weighted by Crippen LogP contribution is -2.71. The van der Waals surface area contributed by atoms with Gasteiger partial charge in [0, 0.05) is 56.4 Å². The molecule has 0 amide bonds. The number of aliphatic hydroxyl groups is 6. The molecule has 22 unspecified atom stereocenters. The molecule has 5 heterocycles. The van der Waals surface area contributed by atoms with E-state index in [9.17, 15) is 51.0 Å². The largest absolute Gasteiger partial charge is 0.762 e. The molecule has 2 aromatic carbocycles. The third-order valence-electron chi connectivity index (χ3n) is 16.9. The van der Waals surface area contributed by atoms with E-state index in [4.69, 9.17) is 52.1 Å². The lowest BCUT2D eigenvalue weighted by atomic mass is 9.71. The average Bonchev–Trinajstić information content (AvgIpc) is 3.31. The average molecular weight is 1060 g/mol. The molecule has 2 aromatic rings. The van der Waals surface area contributed by atoms with E-state index in [-0.39, 0.29) is 57.2 Å². The molecule has 7 aliphatic rings. The van der Waals surface area contributed by atoms with Gasteiger partial charge in [0.1, 0.15) is 83.2 Å². The van der Waals surface area contributed by atoms with Crippen LogP contribution < -0.4 is 4.74 Å². The Bertz CT molecular complexity index is 2540. The number of carbonyl (C=O) groups excluding carboxylic acids is 2. The van der Waals surface area contributed by atoms with Crippen molar-refractivity contribution in [2.45, 2.75) is 201 Å². The van der Waals surface area contributed by atoms with Gasteiger partial charge in [-0.3, -0.25) is 14.8 Å². The van der Waals surface area contributed by atoms with Crippen LogP contribution in [-0.2, 0) is 59.4 Å². The maximum absolute atomic E-state index is 15.3. The minimum Gasteiger partial charge on any atom is -0.762 e. The Balaban J connectivity index is 1.08. The summed E-state index contributed by atoms with van der Waals surface area (Å²) < 4.78 is 67.8. The van der Waals surface area contributed by atoms with Gasteiger partial charge >= 0.3 is 0 Å². The number of rotatable bonds is 11. The standard InChI is InChI=1S/C51H71N2O22/c1-19-37(58)49(6,61)42(66-12)45(69-19)73-36-27-22(17-48(5,60)41(36)65-11)16-24-28(32(27)55)33(56)29-23(31(24)54)14-15-25-35(29)72-44-34(57)30(52(9)10)40(51(25,8)75-44)71-26-18-47(4,53(63)64)39(21(3)68-26)74-46-43(67-13)50(7,62)38(59)20(2)70-46/h14-16,19-21,26,30,34,36-46,55,57-63H,17-18H2,1-13H3/q-1. The number of aliphatic hydroxyl groups excluding tert-OH is 3. The van der Waals surface area contributed by atoms with Gasteiger partial charge in [0.15, 0.2) is 24.7 Å². The molecule has 0 spiro atoms. The summed E-state index contributed by atoms with van der Waals surface area (Å²) in [6.07, 6.45) is -21.1. The first-order valence-electron chi connectivity index (χ1n) is 25.0. The number of ketones is 2. The van der Waals surface area contributed by atoms with Crippen molar-refractivity contribution in [1.29, 1.82) is 0 Å². The number of ether oxygens (including phenoxy) is 11. The summed E-state index contributed by atoms with van der Waals surface area (Å²) in [5, 5.41) is 105. The zero-order valence-corrected chi connectivity index (χ0v) is 44.1. The summed E-state index contributed by atoms with van der Waals surface area (Å²) in [5.74, 6) is -2.34. The van der Waals surface area contributed by atoms with Crippen LogP contribution >= 0.6 is 0 Å². The monoisotopic (exact) mass is 1060 g/mol. The number of hydrogen-bond acceptors (Lipinski definition) is 24. The maximum atomic E-state index is 15.3. The Morgan fingerprint density at radius 3 is 1.84 bits per heavy atom. The third kappa shape index (κ3) is 8.59. The second-order valence-corrected chi connectivity index (χ2v) is 22.4. The van der Waals surface area contributed by atoms with E-state index in [2.05, 4.69) is 0 Å². The molecule has 0 aromatic heterocycles. The van der Waals surface area contributed by atoms with Crippen LogP contribution in [0, 0.1) is 5.21 Å². The van der Waals surface area contributed by atoms with Crippen molar-refractivity contribution < 1.29 is 103 Å². The normalized spacial score (nSPS) is 45.5. The van der Waals surface area contributed by atoms with Crippen LogP contribution in [0.2, 0.25) is 0 Å². The molecule has 4 saturated heterocycles. The van der Waals surface area contributed by atoms with Gasteiger partial charge in [0.25, 0.3) is 0 Å². The van der Waals surface area contributed by atoms with E-state index < -0.39 is 155 Å². The molecular formula is C51H71N2O22-. The molecular weight excluding hydrogens is 993 g/mol. The number of phenolic OH excluding ortho intramolecular Hbond substituents is 1. The van der Waals surface area contributed by atoms with Crippen molar-refractivity contribution in [2.75, 3.05) is 35.4 Å². The van der Waals surface area contributed by atoms with Gasteiger partial charge in [0.05, 0.1) is 46.6 Å². The van der Waals surface area contributed by atoms with Crippen molar-refractivity contribution in [3.05, 3.63) is 62.4 Å². The Morgan fingerprint density at radius 2 is 1.29 bits per heavy atom. The Labute approximate surface area is 433 Å². The van der Waals surface area contributed by atoms with E-state index >= 15 is 4.79 Å². The summed E-state index contributed by atoms with van der Waals surface area (Å²) in [5.41, 5.74) is -9.48. The smallest absolute Gasteiger partial charge is 0.228 e. The summed E-state index contributed by atoms with van der Waals surface area (Å²) >= 11 is 0. The maximum Gasteiger partial charge on any atom is 0.228 e. The number of aromatic hydroxyl groups is 1. The van der Waals surface area contributed by atoms with Gasteiger partial charge in [-0.25, -0.2) is 0 Å². The number of carbonyl (C=O) groups is 2. The van der Waals surface area contributed by atoms with E-state index in [1.165, 1.54) is 81.1 Å². The van der Waals surface area contributed by atoms with Crippen LogP contribution in [0.1, 0.15) is 116 Å². The molecule has 22 atom stereocenters. The zero-order chi connectivity index (χ0) is 55.1. The predicted octanol–water partition coefficient (Wildman–Crippen LogP) is 0.399. The fourth-order valence-electron chi connectivity index (χ4n) is 12.9. The van der Waals surface area contributed by atoms with Crippen molar-refractivity contribution in [3.8, 4) is 11.5 Å². The zero-order valence-electron chi connectivity index (χ0n) is 44.1. The highest BCUT2D eigenvalue weighted by atomic mass is 16.8. The number of hydrogen-bond donors (Lipinski definition) is 8. The van der Waals surface area contributed by atoms with Crippen LogP contribution in [0.15, 0.2) is 18.2 Å². The number of phenols is 1. The molecule has 2 aliphatic carbocycles. The molecule has 4 fully saturated rings. The van der Waals surface area contributed by atoms with E-state index in [0.29, 0.717) is 0 Å². The van der Waals surface area contributed by atoms with Crippen LogP contribution in [0.5, 0.6) is 11.5 Å². The number of benzene rings is 2. The van der Waals surface area contributed by atoms with Crippen molar-refractivity contribution in [1.82, 2.24) is 10.1 Å². The Kier molecular flexibility index (Phi) is 14.6. The lowest BCUT2D eigenvalue weighted by molar-refractivity contribution is -0.383. The molecule has 2 bridgehead atoms. The minimum absolute atomic E-state index is 0.0185. The first-order valence-corrected chi connectivity index (χ1v) is 25.0. The summed E-state index contributed by atoms with van der Waals surface area (Å²) in [6, 6.07) is 3.43. The second kappa shape index (κ2) is 19.4. The van der Waals surface area contributed by atoms with Crippen LogP contribution in [-0.4, -0.2) is 219 Å². The molecule has 0 radical (unpaired) electrons. The number of likely N-dealkylation sites (N-methyl/N-ethyl adjacent to an activating group) is 1. The predicted molar refractivity (Wildman–Crippen MR) is 254 cm³/mol. The highest BCUT2D eigenvalue weighted by Gasteiger charge is 2.63. The van der Waals surface area contributed by atoms with Crippen LogP contribution in [0.25, 0.3) is 0 Å². The first-order chi connectivity index (χ1) is 34.9. The molecule has 24 nitrogen and oxygen atoms in total. The van der Waals surface area contributed by atoms with Crippen LogP contribution in [0.4, 0.5) is 0 Å². The van der Waals surface area contributed by atoms with E-state index in [1.54, 1.807) is 32.8 Å². The molecule has 5 aliphatic heterocycles. The highest BCUT2D eigenvalue weighted by Crippen LogP contribution is 2.55. The number of methoxy groups -OCH3 is 3. The van der Waals surface area contributed by atoms with Gasteiger partial charge in [0.2, 0.25) is 12.1 Å².